The van der Waals surface area contributed by atoms with E-state index in [1.807, 2.05) is 30.3 Å². The van der Waals surface area contributed by atoms with E-state index in [2.05, 4.69) is 20.2 Å². The third-order valence-corrected chi connectivity index (χ3v) is 4.22. The first-order valence-electron chi connectivity index (χ1n) is 7.86. The molecule has 1 N–H and O–H groups in total. The Bertz CT molecular complexity index is 592. The highest BCUT2D eigenvalue weighted by atomic mass is 35.5. The molecule has 1 fully saturated rings. The Morgan fingerprint density at radius 2 is 1.73 bits per heavy atom. The summed E-state index contributed by atoms with van der Waals surface area (Å²) in [7, 11) is 0. The third-order valence-electron chi connectivity index (χ3n) is 3.97. The maximum Gasteiger partial charge on any atom is 0.134 e. The summed E-state index contributed by atoms with van der Waals surface area (Å²) in [5.41, 5.74) is 1.18. The van der Waals surface area contributed by atoms with Gasteiger partial charge in [-0.05, 0) is 30.5 Å². The SMILES string of the molecule is Clc1ccc(CNc2cc(N3CCCCCC3)ncn2)cc1. The smallest absolute Gasteiger partial charge is 0.134 e. The van der Waals surface area contributed by atoms with Crippen molar-refractivity contribution in [2.75, 3.05) is 23.3 Å². The second-order valence-electron chi connectivity index (χ2n) is 5.64. The van der Waals surface area contributed by atoms with Gasteiger partial charge in [-0.15, -0.1) is 0 Å². The van der Waals surface area contributed by atoms with Crippen LogP contribution in [-0.4, -0.2) is 23.1 Å². The zero-order valence-electron chi connectivity index (χ0n) is 12.6. The highest BCUT2D eigenvalue weighted by Crippen LogP contribution is 2.19. The van der Waals surface area contributed by atoms with Crippen LogP contribution in [0.15, 0.2) is 36.7 Å². The number of nitrogens with zero attached hydrogens (tertiary/aromatic N) is 3. The van der Waals surface area contributed by atoms with Gasteiger partial charge in [0.1, 0.15) is 18.0 Å². The van der Waals surface area contributed by atoms with Crippen molar-refractivity contribution in [2.45, 2.75) is 32.2 Å². The minimum absolute atomic E-state index is 0.730. The standard InChI is InChI=1S/C17H21ClN4/c18-15-7-5-14(6-8-15)12-19-16-11-17(21-13-20-16)22-9-3-1-2-4-10-22/h5-8,11,13H,1-4,9-10,12H2,(H,19,20,21). The molecule has 1 aromatic carbocycles. The van der Waals surface area contributed by atoms with Gasteiger partial charge < -0.3 is 10.2 Å². The van der Waals surface area contributed by atoms with Crippen molar-refractivity contribution in [3.8, 4) is 0 Å². The summed E-state index contributed by atoms with van der Waals surface area (Å²) in [6.07, 6.45) is 6.78. The van der Waals surface area contributed by atoms with Gasteiger partial charge in [-0.2, -0.15) is 0 Å². The van der Waals surface area contributed by atoms with E-state index in [1.165, 1.54) is 31.2 Å². The molecule has 4 nitrogen and oxygen atoms in total. The Labute approximate surface area is 136 Å². The normalized spacial score (nSPS) is 15.4. The fourth-order valence-corrected chi connectivity index (χ4v) is 2.84. The van der Waals surface area contributed by atoms with E-state index < -0.39 is 0 Å². The van der Waals surface area contributed by atoms with Crippen molar-refractivity contribution in [3.05, 3.63) is 47.2 Å². The lowest BCUT2D eigenvalue weighted by Gasteiger charge is -2.21. The number of nitrogens with one attached hydrogen (secondary N) is 1. The van der Waals surface area contributed by atoms with E-state index in [9.17, 15) is 0 Å². The van der Waals surface area contributed by atoms with Crippen LogP contribution in [0.4, 0.5) is 11.6 Å². The van der Waals surface area contributed by atoms with Crippen LogP contribution in [0.2, 0.25) is 5.02 Å². The Hall–Kier alpha value is -1.81. The molecule has 0 unspecified atom stereocenters. The Kier molecular flexibility index (Phi) is 5.11. The third kappa shape index (κ3) is 4.10. The number of hydrogen-bond acceptors (Lipinski definition) is 4. The van der Waals surface area contributed by atoms with Crippen molar-refractivity contribution in [2.24, 2.45) is 0 Å². The second-order valence-corrected chi connectivity index (χ2v) is 6.08. The average molecular weight is 317 g/mol. The molecule has 2 heterocycles. The summed E-state index contributed by atoms with van der Waals surface area (Å²) in [4.78, 5) is 11.1. The van der Waals surface area contributed by atoms with Gasteiger partial charge in [0.05, 0.1) is 0 Å². The lowest BCUT2D eigenvalue weighted by Crippen LogP contribution is -2.25. The van der Waals surface area contributed by atoms with Crippen LogP contribution in [-0.2, 0) is 6.54 Å². The van der Waals surface area contributed by atoms with Crippen molar-refractivity contribution in [3.63, 3.8) is 0 Å². The first kappa shape index (κ1) is 15.1. The van der Waals surface area contributed by atoms with Crippen LogP contribution in [0.25, 0.3) is 0 Å². The lowest BCUT2D eigenvalue weighted by molar-refractivity contribution is 0.726. The van der Waals surface area contributed by atoms with E-state index in [0.717, 1.165) is 36.3 Å². The number of hydrogen-bond donors (Lipinski definition) is 1. The summed E-state index contributed by atoms with van der Waals surface area (Å²) in [6.45, 7) is 2.91. The maximum atomic E-state index is 5.90. The molecular weight excluding hydrogens is 296 g/mol. The average Bonchev–Trinajstić information content (AvgIpc) is 2.84. The zero-order chi connectivity index (χ0) is 15.2. The van der Waals surface area contributed by atoms with Gasteiger partial charge in [-0.3, -0.25) is 0 Å². The summed E-state index contributed by atoms with van der Waals surface area (Å²) in [5.74, 6) is 1.89. The molecule has 0 atom stereocenters. The highest BCUT2D eigenvalue weighted by molar-refractivity contribution is 6.30. The number of halogens is 1. The molecule has 0 aliphatic carbocycles. The molecule has 5 heteroatoms. The summed E-state index contributed by atoms with van der Waals surface area (Å²) in [6, 6.07) is 9.89. The number of benzene rings is 1. The molecule has 0 amide bonds. The van der Waals surface area contributed by atoms with E-state index in [1.54, 1.807) is 6.33 Å². The van der Waals surface area contributed by atoms with Gasteiger partial charge in [0.15, 0.2) is 0 Å². The topological polar surface area (TPSA) is 41.0 Å². The van der Waals surface area contributed by atoms with Gasteiger partial charge in [-0.25, -0.2) is 9.97 Å². The Morgan fingerprint density at radius 1 is 1.00 bits per heavy atom. The fraction of sp³-hybridized carbons (Fsp3) is 0.412. The molecule has 22 heavy (non-hydrogen) atoms. The fourth-order valence-electron chi connectivity index (χ4n) is 2.71. The van der Waals surface area contributed by atoms with E-state index >= 15 is 0 Å². The number of anilines is 2. The first-order valence-corrected chi connectivity index (χ1v) is 8.24. The van der Waals surface area contributed by atoms with Crippen LogP contribution in [0.5, 0.6) is 0 Å². The van der Waals surface area contributed by atoms with Gasteiger partial charge in [0.2, 0.25) is 0 Å². The zero-order valence-corrected chi connectivity index (χ0v) is 13.4. The monoisotopic (exact) mass is 316 g/mol. The maximum absolute atomic E-state index is 5.90. The van der Waals surface area contributed by atoms with Crippen LogP contribution in [0, 0.1) is 0 Å². The molecular formula is C17H21ClN4. The van der Waals surface area contributed by atoms with Crippen molar-refractivity contribution < 1.29 is 0 Å². The van der Waals surface area contributed by atoms with E-state index in [0.29, 0.717) is 0 Å². The number of aromatic nitrogens is 2. The molecule has 3 rings (SSSR count). The molecule has 1 aliphatic heterocycles. The predicted molar refractivity (Wildman–Crippen MR) is 91.5 cm³/mol. The van der Waals surface area contributed by atoms with Crippen LogP contribution in [0.3, 0.4) is 0 Å². The van der Waals surface area contributed by atoms with Gasteiger partial charge in [0.25, 0.3) is 0 Å². The minimum Gasteiger partial charge on any atom is -0.366 e. The molecule has 116 valence electrons. The molecule has 1 aliphatic rings. The van der Waals surface area contributed by atoms with Crippen molar-refractivity contribution in [1.29, 1.82) is 0 Å². The van der Waals surface area contributed by atoms with Crippen molar-refractivity contribution >= 4 is 23.2 Å². The summed E-state index contributed by atoms with van der Waals surface area (Å²) >= 11 is 5.90. The first-order chi connectivity index (χ1) is 10.8. The largest absolute Gasteiger partial charge is 0.366 e. The Morgan fingerprint density at radius 3 is 2.45 bits per heavy atom. The molecule has 0 saturated carbocycles. The Balaban J connectivity index is 1.64. The van der Waals surface area contributed by atoms with Crippen LogP contribution < -0.4 is 10.2 Å². The summed E-state index contributed by atoms with van der Waals surface area (Å²) in [5, 5.41) is 4.11. The van der Waals surface area contributed by atoms with Crippen molar-refractivity contribution in [1.82, 2.24) is 9.97 Å². The van der Waals surface area contributed by atoms with E-state index in [-0.39, 0.29) is 0 Å². The molecule has 0 spiro atoms. The molecule has 0 bridgehead atoms. The lowest BCUT2D eigenvalue weighted by atomic mass is 10.2. The predicted octanol–water partition coefficient (Wildman–Crippen LogP) is 4.12. The second kappa shape index (κ2) is 7.45. The minimum atomic E-state index is 0.730. The van der Waals surface area contributed by atoms with Crippen LogP contribution in [0.1, 0.15) is 31.2 Å². The quantitative estimate of drug-likeness (QED) is 0.921. The van der Waals surface area contributed by atoms with Gasteiger partial charge in [0, 0.05) is 30.7 Å². The molecule has 2 aromatic rings. The molecule has 1 saturated heterocycles. The van der Waals surface area contributed by atoms with E-state index in [4.69, 9.17) is 11.6 Å². The van der Waals surface area contributed by atoms with Gasteiger partial charge >= 0.3 is 0 Å². The van der Waals surface area contributed by atoms with Crippen LogP contribution >= 0.6 is 11.6 Å². The highest BCUT2D eigenvalue weighted by Gasteiger charge is 2.11. The molecule has 1 aromatic heterocycles. The molecule has 0 radical (unpaired) electrons. The number of rotatable bonds is 4. The summed E-state index contributed by atoms with van der Waals surface area (Å²) < 4.78 is 0. The van der Waals surface area contributed by atoms with Gasteiger partial charge in [-0.1, -0.05) is 36.6 Å².